The van der Waals surface area contributed by atoms with Gasteiger partial charge >= 0.3 is 0 Å². The molecule has 1 aromatic rings. The van der Waals surface area contributed by atoms with Crippen LogP contribution in [0, 0.1) is 0 Å². The van der Waals surface area contributed by atoms with Crippen LogP contribution in [0.5, 0.6) is 0 Å². The van der Waals surface area contributed by atoms with Crippen LogP contribution in [-0.2, 0) is 0 Å². The van der Waals surface area contributed by atoms with E-state index in [4.69, 9.17) is 23.2 Å². The summed E-state index contributed by atoms with van der Waals surface area (Å²) in [6, 6.07) is 9.70. The predicted octanol–water partition coefficient (Wildman–Crippen LogP) is 3.86. The lowest BCUT2D eigenvalue weighted by molar-refractivity contribution is 0.461. The fourth-order valence-corrected chi connectivity index (χ4v) is 1.81. The van der Waals surface area contributed by atoms with Gasteiger partial charge in [-0.05, 0) is 26.0 Å². The minimum Gasteiger partial charge on any atom is -0.358 e. The number of nitrogens with zero attached hydrogens (tertiary/aromatic N) is 2. The topological polar surface area (TPSA) is 15.6 Å². The lowest BCUT2D eigenvalue weighted by Crippen LogP contribution is -2.34. The number of rotatable bonds is 4. The highest BCUT2D eigenvalue weighted by Crippen LogP contribution is 2.16. The van der Waals surface area contributed by atoms with Crippen molar-refractivity contribution >= 4 is 34.7 Å². The number of amidine groups is 1. The zero-order valence-electron chi connectivity index (χ0n) is 9.53. The second-order valence-electron chi connectivity index (χ2n) is 3.28. The van der Waals surface area contributed by atoms with Crippen LogP contribution < -0.4 is 0 Å². The van der Waals surface area contributed by atoms with E-state index in [1.807, 2.05) is 30.3 Å². The van der Waals surface area contributed by atoms with E-state index in [1.54, 1.807) is 0 Å². The van der Waals surface area contributed by atoms with Crippen molar-refractivity contribution < 1.29 is 0 Å². The molecule has 0 aliphatic heterocycles. The van der Waals surface area contributed by atoms with Crippen molar-refractivity contribution in [3.8, 4) is 0 Å². The van der Waals surface area contributed by atoms with Gasteiger partial charge in [0.15, 0.2) is 4.84 Å². The highest BCUT2D eigenvalue weighted by Gasteiger charge is 2.15. The summed E-state index contributed by atoms with van der Waals surface area (Å²) in [4.78, 5) is 5.93. The van der Waals surface area contributed by atoms with Gasteiger partial charge in [-0.2, -0.15) is 0 Å². The van der Waals surface area contributed by atoms with Gasteiger partial charge in [0.1, 0.15) is 5.84 Å². The molecule has 0 amide bonds. The van der Waals surface area contributed by atoms with Crippen molar-refractivity contribution in [3.05, 3.63) is 30.3 Å². The maximum atomic E-state index is 5.94. The zero-order valence-corrected chi connectivity index (χ0v) is 11.0. The minimum atomic E-state index is -0.597. The van der Waals surface area contributed by atoms with E-state index in [0.717, 1.165) is 18.8 Å². The Morgan fingerprint density at radius 2 is 1.75 bits per heavy atom. The molecule has 0 bridgehead atoms. The molecular formula is C12H16Cl2N2. The van der Waals surface area contributed by atoms with Crippen LogP contribution in [0.4, 0.5) is 5.69 Å². The van der Waals surface area contributed by atoms with E-state index in [-0.39, 0.29) is 0 Å². The van der Waals surface area contributed by atoms with E-state index < -0.39 is 4.84 Å². The minimum absolute atomic E-state index is 0.597. The summed E-state index contributed by atoms with van der Waals surface area (Å²) < 4.78 is 0. The first kappa shape index (κ1) is 13.3. The van der Waals surface area contributed by atoms with Crippen LogP contribution in [-0.4, -0.2) is 28.7 Å². The number of hydrogen-bond acceptors (Lipinski definition) is 1. The lowest BCUT2D eigenvalue weighted by Gasteiger charge is -2.23. The van der Waals surface area contributed by atoms with Gasteiger partial charge in [0.05, 0.1) is 5.69 Å². The summed E-state index contributed by atoms with van der Waals surface area (Å²) in [5.41, 5.74) is 0.871. The van der Waals surface area contributed by atoms with Crippen LogP contribution in [0.2, 0.25) is 0 Å². The Bertz CT molecular complexity index is 332. The number of aliphatic imine (C=N–C) groups is 1. The number of hydrogen-bond donors (Lipinski definition) is 0. The third-order valence-corrected chi connectivity index (χ3v) is 2.67. The molecule has 1 rings (SSSR count). The fraction of sp³-hybridized carbons (Fsp3) is 0.417. The largest absolute Gasteiger partial charge is 0.358 e. The second-order valence-corrected chi connectivity index (χ2v) is 4.37. The van der Waals surface area contributed by atoms with E-state index >= 15 is 0 Å². The molecule has 0 heterocycles. The van der Waals surface area contributed by atoms with Crippen LogP contribution in [0.1, 0.15) is 13.8 Å². The molecule has 0 aliphatic rings. The quantitative estimate of drug-likeness (QED) is 0.455. The Morgan fingerprint density at radius 3 is 2.19 bits per heavy atom. The molecule has 4 heteroatoms. The Hall–Kier alpha value is -0.730. The lowest BCUT2D eigenvalue weighted by atomic mass is 10.3. The number of benzene rings is 1. The molecule has 0 spiro atoms. The van der Waals surface area contributed by atoms with Gasteiger partial charge < -0.3 is 4.90 Å². The van der Waals surface area contributed by atoms with Gasteiger partial charge in [-0.15, -0.1) is 0 Å². The number of halogens is 2. The first-order valence-corrected chi connectivity index (χ1v) is 6.23. The Balaban J connectivity index is 2.98. The molecule has 0 saturated carbocycles. The summed E-state index contributed by atoms with van der Waals surface area (Å²) in [5, 5.41) is 0. The van der Waals surface area contributed by atoms with Crippen LogP contribution in [0.3, 0.4) is 0 Å². The number of alkyl halides is 2. The van der Waals surface area contributed by atoms with Crippen LogP contribution in [0.15, 0.2) is 35.3 Å². The van der Waals surface area contributed by atoms with E-state index in [9.17, 15) is 0 Å². The summed E-state index contributed by atoms with van der Waals surface area (Å²) in [5.74, 6) is 0.708. The molecule has 88 valence electrons. The third kappa shape index (κ3) is 3.69. The van der Waals surface area contributed by atoms with Gasteiger partial charge in [0.2, 0.25) is 0 Å². The van der Waals surface area contributed by atoms with E-state index in [1.165, 1.54) is 0 Å². The highest BCUT2D eigenvalue weighted by atomic mass is 35.5. The Morgan fingerprint density at radius 1 is 1.19 bits per heavy atom. The smallest absolute Gasteiger partial charge is 0.164 e. The first-order chi connectivity index (χ1) is 7.69. The SMILES string of the molecule is CCN(CC)C(=Nc1ccccc1)C(Cl)Cl. The van der Waals surface area contributed by atoms with Gasteiger partial charge in [-0.3, -0.25) is 0 Å². The average molecular weight is 259 g/mol. The summed E-state index contributed by atoms with van der Waals surface area (Å²) in [7, 11) is 0. The van der Waals surface area contributed by atoms with Crippen molar-refractivity contribution in [1.29, 1.82) is 0 Å². The van der Waals surface area contributed by atoms with Gasteiger partial charge in [0.25, 0.3) is 0 Å². The molecular weight excluding hydrogens is 243 g/mol. The van der Waals surface area contributed by atoms with Crippen molar-refractivity contribution in [2.75, 3.05) is 13.1 Å². The van der Waals surface area contributed by atoms with Crippen LogP contribution >= 0.6 is 23.2 Å². The summed E-state index contributed by atoms with van der Waals surface area (Å²) >= 11 is 11.9. The molecule has 16 heavy (non-hydrogen) atoms. The predicted molar refractivity (Wildman–Crippen MR) is 72.0 cm³/mol. The zero-order chi connectivity index (χ0) is 12.0. The van der Waals surface area contributed by atoms with Gasteiger partial charge in [-0.25, -0.2) is 4.99 Å². The van der Waals surface area contributed by atoms with Crippen molar-refractivity contribution in [2.45, 2.75) is 18.7 Å². The van der Waals surface area contributed by atoms with Crippen molar-refractivity contribution in [2.24, 2.45) is 4.99 Å². The molecule has 1 aromatic carbocycles. The van der Waals surface area contributed by atoms with Crippen molar-refractivity contribution in [1.82, 2.24) is 4.90 Å². The monoisotopic (exact) mass is 258 g/mol. The molecule has 0 unspecified atom stereocenters. The molecule has 0 aliphatic carbocycles. The van der Waals surface area contributed by atoms with Gasteiger partial charge in [-0.1, -0.05) is 41.4 Å². The normalized spacial score (nSPS) is 11.9. The third-order valence-electron chi connectivity index (χ3n) is 2.28. The maximum Gasteiger partial charge on any atom is 0.164 e. The first-order valence-electron chi connectivity index (χ1n) is 5.35. The number of para-hydroxylation sites is 1. The standard InChI is InChI=1S/C12H16Cl2N2/c1-3-16(4-2)12(11(13)14)15-10-8-6-5-7-9-10/h5-9,11H,3-4H2,1-2H3. The van der Waals surface area contributed by atoms with Crippen molar-refractivity contribution in [3.63, 3.8) is 0 Å². The summed E-state index contributed by atoms with van der Waals surface area (Å²) in [6.45, 7) is 5.80. The van der Waals surface area contributed by atoms with Gasteiger partial charge in [0, 0.05) is 13.1 Å². The maximum absolute atomic E-state index is 5.94. The molecule has 0 aromatic heterocycles. The Labute approximate surface area is 107 Å². The fourth-order valence-electron chi connectivity index (χ4n) is 1.44. The average Bonchev–Trinajstić information content (AvgIpc) is 2.30. The second kappa shape index (κ2) is 6.77. The summed E-state index contributed by atoms with van der Waals surface area (Å²) in [6.07, 6.45) is 0. The molecule has 0 N–H and O–H groups in total. The molecule has 0 fully saturated rings. The van der Waals surface area contributed by atoms with E-state index in [2.05, 4.69) is 23.7 Å². The molecule has 0 saturated heterocycles. The highest BCUT2D eigenvalue weighted by molar-refractivity contribution is 6.54. The molecule has 0 atom stereocenters. The molecule has 2 nitrogen and oxygen atoms in total. The molecule has 0 radical (unpaired) electrons. The Kier molecular flexibility index (Phi) is 5.64. The van der Waals surface area contributed by atoms with E-state index in [0.29, 0.717) is 5.84 Å². The van der Waals surface area contributed by atoms with Crippen LogP contribution in [0.25, 0.3) is 0 Å².